The third-order valence-electron chi connectivity index (χ3n) is 2.75. The zero-order chi connectivity index (χ0) is 12.0. The Kier molecular flexibility index (Phi) is 5.93. The van der Waals surface area contributed by atoms with E-state index in [1.54, 1.807) is 6.20 Å². The smallest absolute Gasteiger partial charge is 0.129 e. The summed E-state index contributed by atoms with van der Waals surface area (Å²) in [5.41, 5.74) is 2.81. The van der Waals surface area contributed by atoms with Crippen molar-refractivity contribution in [3.63, 3.8) is 0 Å². The van der Waals surface area contributed by atoms with Crippen LogP contribution in [-0.4, -0.2) is 5.17 Å². The Morgan fingerprint density at radius 1 is 1.38 bits per heavy atom. The first-order valence-corrected chi connectivity index (χ1v) is 6.39. The van der Waals surface area contributed by atoms with Crippen LogP contribution in [0.5, 0.6) is 0 Å². The third kappa shape index (κ3) is 4.18. The van der Waals surface area contributed by atoms with Gasteiger partial charge in [0.15, 0.2) is 0 Å². The van der Waals surface area contributed by atoms with Crippen molar-refractivity contribution in [2.24, 2.45) is 16.9 Å². The van der Waals surface area contributed by atoms with Crippen LogP contribution in [0.2, 0.25) is 0 Å². The van der Waals surface area contributed by atoms with Crippen molar-refractivity contribution in [1.82, 2.24) is 5.43 Å². The van der Waals surface area contributed by atoms with Crippen LogP contribution in [-0.2, 0) is 0 Å². The Morgan fingerprint density at radius 2 is 2.06 bits per heavy atom. The summed E-state index contributed by atoms with van der Waals surface area (Å²) in [7, 11) is 0. The first-order chi connectivity index (χ1) is 7.65. The first-order valence-electron chi connectivity index (χ1n) is 5.64. The second-order valence-electron chi connectivity index (χ2n) is 4.04. The third-order valence-corrected chi connectivity index (χ3v) is 3.63. The first kappa shape index (κ1) is 13.6. The fourth-order valence-corrected chi connectivity index (χ4v) is 1.92. The molecule has 0 amide bonds. The molecule has 0 saturated carbocycles. The van der Waals surface area contributed by atoms with Gasteiger partial charge in [0, 0.05) is 17.2 Å². The van der Waals surface area contributed by atoms with Crippen molar-refractivity contribution in [3.8, 4) is 0 Å². The number of hydrogen-bond donors (Lipinski definition) is 1. The Labute approximate surface area is 107 Å². The summed E-state index contributed by atoms with van der Waals surface area (Å²) in [6.07, 6.45) is 8.91. The van der Waals surface area contributed by atoms with Gasteiger partial charge in [-0.1, -0.05) is 49.2 Å². The van der Waals surface area contributed by atoms with Crippen molar-refractivity contribution in [1.29, 1.82) is 0 Å². The molecule has 1 rings (SSSR count). The maximum Gasteiger partial charge on any atom is 0.129 e. The predicted molar refractivity (Wildman–Crippen MR) is 71.7 cm³/mol. The molecule has 0 saturated heterocycles. The topological polar surface area (TPSA) is 24.4 Å². The van der Waals surface area contributed by atoms with Crippen molar-refractivity contribution < 1.29 is 0 Å². The summed E-state index contributed by atoms with van der Waals surface area (Å²) in [5.74, 6) is 0.614. The molecule has 1 heterocycles. The van der Waals surface area contributed by atoms with E-state index in [4.69, 9.17) is 23.2 Å². The molecule has 0 radical (unpaired) electrons. The van der Waals surface area contributed by atoms with E-state index in [0.717, 1.165) is 24.3 Å². The van der Waals surface area contributed by atoms with E-state index in [9.17, 15) is 0 Å². The van der Waals surface area contributed by atoms with E-state index in [2.05, 4.69) is 36.5 Å². The molecule has 4 heteroatoms. The van der Waals surface area contributed by atoms with Crippen LogP contribution in [0.1, 0.15) is 33.1 Å². The molecule has 0 aromatic rings. The molecule has 0 fully saturated rings. The number of hydrogen-bond acceptors (Lipinski definition) is 2. The van der Waals surface area contributed by atoms with Gasteiger partial charge in [0.05, 0.1) is 0 Å². The minimum absolute atomic E-state index is 0.297. The van der Waals surface area contributed by atoms with Gasteiger partial charge in [0.25, 0.3) is 0 Å². The minimum atomic E-state index is 0.297. The molecule has 90 valence electrons. The Hall–Kier alpha value is -0.470. The van der Waals surface area contributed by atoms with Gasteiger partial charge in [0.1, 0.15) is 5.17 Å². The number of allylic oxidation sites excluding steroid dienone is 3. The Balaban J connectivity index is 2.81. The second kappa shape index (κ2) is 6.97. The number of nitrogens with zero attached hydrogens (tertiary/aromatic N) is 1. The standard InChI is InChI=1S/C12H18Cl2N2/c1-3-10-7-5-4-6-9(2)11(13)8-15-16-12(10)14/h4-5,8-10,15H,3,6-7H2,1-2H3/b5-4-,11-8-,16-12+. The highest BCUT2D eigenvalue weighted by Crippen LogP contribution is 2.20. The van der Waals surface area contributed by atoms with Crippen molar-refractivity contribution in [3.05, 3.63) is 23.4 Å². The normalized spacial score (nSPS) is 36.0. The van der Waals surface area contributed by atoms with Crippen LogP contribution in [0.3, 0.4) is 0 Å². The van der Waals surface area contributed by atoms with E-state index in [0.29, 0.717) is 17.0 Å². The maximum absolute atomic E-state index is 6.10. The highest BCUT2D eigenvalue weighted by Gasteiger charge is 2.11. The van der Waals surface area contributed by atoms with Gasteiger partial charge in [-0.2, -0.15) is 5.10 Å². The Bertz CT molecular complexity index is 308. The molecule has 0 aromatic heterocycles. The molecule has 0 aliphatic carbocycles. The van der Waals surface area contributed by atoms with E-state index in [-0.39, 0.29) is 0 Å². The van der Waals surface area contributed by atoms with Crippen LogP contribution >= 0.6 is 23.2 Å². The summed E-state index contributed by atoms with van der Waals surface area (Å²) in [6, 6.07) is 0. The lowest BCUT2D eigenvalue weighted by Gasteiger charge is -2.09. The summed E-state index contributed by atoms with van der Waals surface area (Å²) in [4.78, 5) is 0. The van der Waals surface area contributed by atoms with E-state index >= 15 is 0 Å². The number of halogens is 2. The fourth-order valence-electron chi connectivity index (χ4n) is 1.49. The molecule has 1 aliphatic heterocycles. The second-order valence-corrected chi connectivity index (χ2v) is 4.87. The molecular weight excluding hydrogens is 243 g/mol. The molecule has 0 aromatic carbocycles. The number of hydrazone groups is 1. The highest BCUT2D eigenvalue weighted by atomic mass is 35.5. The summed E-state index contributed by atoms with van der Waals surface area (Å²) in [5, 5.41) is 5.49. The van der Waals surface area contributed by atoms with Crippen molar-refractivity contribution in [2.45, 2.75) is 33.1 Å². The van der Waals surface area contributed by atoms with Gasteiger partial charge in [-0.15, -0.1) is 0 Å². The molecule has 1 N–H and O–H groups in total. The molecule has 16 heavy (non-hydrogen) atoms. The zero-order valence-corrected chi connectivity index (χ0v) is 11.2. The van der Waals surface area contributed by atoms with Gasteiger partial charge in [-0.3, -0.25) is 5.43 Å². The molecule has 2 unspecified atom stereocenters. The zero-order valence-electron chi connectivity index (χ0n) is 9.71. The van der Waals surface area contributed by atoms with Gasteiger partial charge < -0.3 is 0 Å². The summed E-state index contributed by atoms with van der Waals surface area (Å²) < 4.78 is 0. The van der Waals surface area contributed by atoms with E-state index < -0.39 is 0 Å². The highest BCUT2D eigenvalue weighted by molar-refractivity contribution is 6.65. The van der Waals surface area contributed by atoms with Gasteiger partial charge >= 0.3 is 0 Å². The molecule has 2 atom stereocenters. The van der Waals surface area contributed by atoms with Gasteiger partial charge in [0.2, 0.25) is 0 Å². The van der Waals surface area contributed by atoms with E-state index in [1.807, 2.05) is 0 Å². The van der Waals surface area contributed by atoms with Crippen LogP contribution in [0.15, 0.2) is 28.5 Å². The Morgan fingerprint density at radius 3 is 2.75 bits per heavy atom. The van der Waals surface area contributed by atoms with Crippen LogP contribution < -0.4 is 5.43 Å². The van der Waals surface area contributed by atoms with Crippen LogP contribution in [0.25, 0.3) is 0 Å². The van der Waals surface area contributed by atoms with Gasteiger partial charge in [-0.05, 0) is 25.2 Å². The average molecular weight is 261 g/mol. The summed E-state index contributed by atoms with van der Waals surface area (Å²) in [6.45, 7) is 4.20. The van der Waals surface area contributed by atoms with Crippen molar-refractivity contribution >= 4 is 28.4 Å². The monoisotopic (exact) mass is 260 g/mol. The van der Waals surface area contributed by atoms with Crippen LogP contribution in [0, 0.1) is 11.8 Å². The molecule has 1 aliphatic rings. The SMILES string of the molecule is CCC1C/C=C\CC(C)/C(Cl)=C/N/N=C\1Cl. The molecule has 0 spiro atoms. The summed E-state index contributed by atoms with van der Waals surface area (Å²) >= 11 is 12.2. The van der Waals surface area contributed by atoms with Gasteiger partial charge in [-0.25, -0.2) is 0 Å². The number of rotatable bonds is 1. The predicted octanol–water partition coefficient (Wildman–Crippen LogP) is 4.22. The molecule has 2 nitrogen and oxygen atoms in total. The minimum Gasteiger partial charge on any atom is -0.283 e. The molecular formula is C12H18Cl2N2. The van der Waals surface area contributed by atoms with Crippen LogP contribution in [0.4, 0.5) is 0 Å². The lowest BCUT2D eigenvalue weighted by Crippen LogP contribution is -2.10. The number of nitrogens with one attached hydrogen (secondary N) is 1. The average Bonchev–Trinajstić information content (AvgIpc) is 2.29. The fraction of sp³-hybridized carbons (Fsp3) is 0.583. The maximum atomic E-state index is 6.10. The lowest BCUT2D eigenvalue weighted by molar-refractivity contribution is 0.676. The lowest BCUT2D eigenvalue weighted by atomic mass is 10.0. The quantitative estimate of drug-likeness (QED) is 0.702. The molecule has 0 bridgehead atoms. The van der Waals surface area contributed by atoms with E-state index in [1.165, 1.54) is 0 Å². The largest absolute Gasteiger partial charge is 0.283 e. The van der Waals surface area contributed by atoms with Crippen molar-refractivity contribution in [2.75, 3.05) is 0 Å².